The third-order valence-electron chi connectivity index (χ3n) is 7.05. The lowest BCUT2D eigenvalue weighted by Gasteiger charge is -2.37. The minimum atomic E-state index is -0.407. The number of hydrogen-bond acceptors (Lipinski definition) is 6. The number of hydrogen-bond donors (Lipinski definition) is 2. The number of nitrogens with zero attached hydrogens (tertiary/aromatic N) is 4. The van der Waals surface area contributed by atoms with Gasteiger partial charge in [-0.2, -0.15) is 5.21 Å². The maximum absolute atomic E-state index is 13.6. The molecular weight excluding hydrogens is 520 g/mol. The van der Waals surface area contributed by atoms with Gasteiger partial charge in [-0.3, -0.25) is 0 Å². The summed E-state index contributed by atoms with van der Waals surface area (Å²) in [5.41, 5.74) is 5.53. The first-order chi connectivity index (χ1) is 19.6. The molecule has 1 atom stereocenters. The first-order valence-electron chi connectivity index (χ1n) is 13.5. The highest BCUT2D eigenvalue weighted by Gasteiger charge is 2.34. The number of aromatic amines is 1. The zero-order valence-corrected chi connectivity index (χ0v) is 23.2. The molecule has 0 bridgehead atoms. The van der Waals surface area contributed by atoms with Gasteiger partial charge in [0.25, 0.3) is 0 Å². The van der Waals surface area contributed by atoms with Gasteiger partial charge in [0.1, 0.15) is 6.61 Å². The molecule has 0 spiro atoms. The van der Waals surface area contributed by atoms with Crippen LogP contribution in [-0.2, 0) is 22.6 Å². The van der Waals surface area contributed by atoms with Crippen LogP contribution >= 0.6 is 12.2 Å². The molecule has 0 saturated heterocycles. The van der Waals surface area contributed by atoms with Crippen molar-refractivity contribution in [1.82, 2.24) is 30.8 Å². The molecular formula is C31H32N6O2S. The van der Waals surface area contributed by atoms with Gasteiger partial charge in [-0.25, -0.2) is 4.79 Å². The fourth-order valence-electron chi connectivity index (χ4n) is 4.88. The Kier molecular flexibility index (Phi) is 8.93. The average Bonchev–Trinajstić information content (AvgIpc) is 3.52. The van der Waals surface area contributed by atoms with Gasteiger partial charge in [0.05, 0.1) is 11.6 Å². The lowest BCUT2D eigenvalue weighted by Crippen LogP contribution is -2.48. The van der Waals surface area contributed by atoms with Crippen LogP contribution in [0.2, 0.25) is 0 Å². The highest BCUT2D eigenvalue weighted by atomic mass is 32.1. The molecule has 0 fully saturated rings. The molecule has 0 radical (unpaired) electrons. The quantitative estimate of drug-likeness (QED) is 0.143. The fourth-order valence-corrected chi connectivity index (χ4v) is 5.23. The number of rotatable bonds is 11. The monoisotopic (exact) mass is 552 g/mol. The van der Waals surface area contributed by atoms with E-state index >= 15 is 0 Å². The average molecular weight is 553 g/mol. The van der Waals surface area contributed by atoms with Crippen molar-refractivity contribution in [3.63, 3.8) is 0 Å². The van der Waals surface area contributed by atoms with Gasteiger partial charge in [-0.1, -0.05) is 96.6 Å². The second-order valence-electron chi connectivity index (χ2n) is 9.72. The van der Waals surface area contributed by atoms with Gasteiger partial charge in [0, 0.05) is 18.7 Å². The van der Waals surface area contributed by atoms with Crippen LogP contribution in [0.25, 0.3) is 11.1 Å². The van der Waals surface area contributed by atoms with E-state index < -0.39 is 6.04 Å². The van der Waals surface area contributed by atoms with Crippen molar-refractivity contribution in [3.05, 3.63) is 113 Å². The molecule has 1 aliphatic heterocycles. The zero-order chi connectivity index (χ0) is 27.7. The molecule has 4 aromatic rings. The van der Waals surface area contributed by atoms with Crippen LogP contribution in [0.15, 0.2) is 96.2 Å². The maximum atomic E-state index is 13.6. The maximum Gasteiger partial charge on any atom is 0.338 e. The highest BCUT2D eigenvalue weighted by Crippen LogP contribution is 2.33. The molecule has 8 nitrogen and oxygen atoms in total. The minimum Gasteiger partial charge on any atom is -0.457 e. The molecule has 9 heteroatoms. The second-order valence-corrected chi connectivity index (χ2v) is 10.1. The van der Waals surface area contributed by atoms with Crippen molar-refractivity contribution in [2.24, 2.45) is 0 Å². The third-order valence-corrected chi connectivity index (χ3v) is 7.39. The largest absolute Gasteiger partial charge is 0.457 e. The summed E-state index contributed by atoms with van der Waals surface area (Å²) in [6.45, 7) is 2.85. The summed E-state index contributed by atoms with van der Waals surface area (Å²) in [4.78, 5) is 15.6. The number of carbonyl (C=O) groups excluding carboxylic acids is 1. The zero-order valence-electron chi connectivity index (χ0n) is 22.4. The number of H-pyrrole nitrogens is 1. The normalized spacial score (nSPS) is 15.2. The number of aryl methyl sites for hydroxylation is 1. The Bertz CT molecular complexity index is 1440. The number of unbranched alkanes of at least 4 members (excludes halogenated alkanes) is 2. The van der Waals surface area contributed by atoms with Crippen molar-refractivity contribution in [1.29, 1.82) is 0 Å². The van der Waals surface area contributed by atoms with E-state index in [1.54, 1.807) is 0 Å². The van der Waals surface area contributed by atoms with E-state index in [2.05, 4.69) is 50.2 Å². The molecule has 40 heavy (non-hydrogen) atoms. The van der Waals surface area contributed by atoms with Gasteiger partial charge in [-0.05, 0) is 54.2 Å². The number of nitrogens with one attached hydrogen (secondary N) is 2. The number of carbonyl (C=O) groups is 1. The van der Waals surface area contributed by atoms with Gasteiger partial charge in [0.15, 0.2) is 10.9 Å². The van der Waals surface area contributed by atoms with Crippen molar-refractivity contribution in [2.45, 2.75) is 45.3 Å². The Hall–Kier alpha value is -4.37. The molecule has 2 heterocycles. The van der Waals surface area contributed by atoms with Crippen molar-refractivity contribution >= 4 is 23.3 Å². The van der Waals surface area contributed by atoms with Gasteiger partial charge >= 0.3 is 5.97 Å². The Balaban J connectivity index is 1.34. The van der Waals surface area contributed by atoms with Crippen LogP contribution in [-0.4, -0.2) is 43.2 Å². The molecule has 0 amide bonds. The third kappa shape index (κ3) is 6.60. The predicted molar refractivity (Wildman–Crippen MR) is 158 cm³/mol. The minimum absolute atomic E-state index is 0.205. The summed E-state index contributed by atoms with van der Waals surface area (Å²) in [7, 11) is 0. The van der Waals surface area contributed by atoms with E-state index in [0.29, 0.717) is 17.2 Å². The van der Waals surface area contributed by atoms with E-state index in [9.17, 15) is 4.79 Å². The number of allylic oxidation sites excluding steroid dienone is 1. The first kappa shape index (κ1) is 27.2. The Morgan fingerprint density at radius 1 is 0.925 bits per heavy atom. The lowest BCUT2D eigenvalue weighted by molar-refractivity contribution is -0.140. The van der Waals surface area contributed by atoms with E-state index in [0.717, 1.165) is 59.5 Å². The number of thiocarbonyl (C=S) groups is 1. The topological polar surface area (TPSA) is 96.0 Å². The van der Waals surface area contributed by atoms with E-state index in [1.807, 2.05) is 72.5 Å². The van der Waals surface area contributed by atoms with Crippen LogP contribution in [0.4, 0.5) is 0 Å². The van der Waals surface area contributed by atoms with E-state index in [1.165, 1.54) is 0 Å². The standard InChI is InChI=1S/C31H32N6O2S/c1-22-28(30(38)39-21-23-11-5-2-6-12-23)29(26-18-16-25(17-19-26)24-13-7-3-8-14-24)32-31(40)37(22)20-10-4-9-15-27-33-35-36-34-27/h2-3,5-8,11-14,16-19,29H,4,9-10,15,20-21H2,1H3,(H,32,40)(H,33,34,35,36). The Morgan fingerprint density at radius 2 is 1.62 bits per heavy atom. The molecule has 0 saturated carbocycles. The Morgan fingerprint density at radius 3 is 2.33 bits per heavy atom. The second kappa shape index (κ2) is 13.1. The predicted octanol–water partition coefficient (Wildman–Crippen LogP) is 5.53. The smallest absolute Gasteiger partial charge is 0.338 e. The van der Waals surface area contributed by atoms with E-state index in [4.69, 9.17) is 17.0 Å². The van der Waals surface area contributed by atoms with Gasteiger partial charge in [-0.15, -0.1) is 10.2 Å². The summed E-state index contributed by atoms with van der Waals surface area (Å²) in [5, 5.41) is 18.1. The number of esters is 1. The molecule has 204 valence electrons. The Labute approximate surface area is 239 Å². The van der Waals surface area contributed by atoms with Crippen molar-refractivity contribution in [2.75, 3.05) is 6.54 Å². The number of benzene rings is 3. The summed E-state index contributed by atoms with van der Waals surface area (Å²) in [6, 6.07) is 27.8. The van der Waals surface area contributed by atoms with Gasteiger partial charge in [0.2, 0.25) is 0 Å². The fraction of sp³-hybridized carbons (Fsp3) is 0.258. The molecule has 1 aromatic heterocycles. The number of aromatic nitrogens is 4. The van der Waals surface area contributed by atoms with Crippen LogP contribution in [0, 0.1) is 0 Å². The lowest BCUT2D eigenvalue weighted by atomic mass is 9.93. The SMILES string of the molecule is CC1=C(C(=O)OCc2ccccc2)C(c2ccc(-c3ccccc3)cc2)NC(=S)N1CCCCCc1nn[nH]n1. The van der Waals surface area contributed by atoms with Gasteiger partial charge < -0.3 is 15.0 Å². The molecule has 1 unspecified atom stereocenters. The van der Waals surface area contributed by atoms with Crippen LogP contribution < -0.4 is 5.32 Å². The van der Waals surface area contributed by atoms with Crippen LogP contribution in [0.1, 0.15) is 49.2 Å². The first-order valence-corrected chi connectivity index (χ1v) is 13.9. The summed E-state index contributed by atoms with van der Waals surface area (Å²) in [6.07, 6.45) is 3.59. The number of ether oxygens (including phenoxy) is 1. The molecule has 5 rings (SSSR count). The van der Waals surface area contributed by atoms with E-state index in [-0.39, 0.29) is 12.6 Å². The summed E-state index contributed by atoms with van der Waals surface area (Å²) < 4.78 is 5.82. The summed E-state index contributed by atoms with van der Waals surface area (Å²) in [5.74, 6) is 0.367. The number of tetrazole rings is 1. The molecule has 2 N–H and O–H groups in total. The summed E-state index contributed by atoms with van der Waals surface area (Å²) >= 11 is 5.80. The highest BCUT2D eigenvalue weighted by molar-refractivity contribution is 7.80. The van der Waals surface area contributed by atoms with Crippen LogP contribution in [0.5, 0.6) is 0 Å². The van der Waals surface area contributed by atoms with Crippen molar-refractivity contribution < 1.29 is 9.53 Å². The van der Waals surface area contributed by atoms with Crippen molar-refractivity contribution in [3.8, 4) is 11.1 Å². The molecule has 3 aromatic carbocycles. The molecule has 1 aliphatic rings. The van der Waals surface area contributed by atoms with Crippen LogP contribution in [0.3, 0.4) is 0 Å². The molecule has 0 aliphatic carbocycles.